The maximum Gasteiger partial charge on any atom is 0.408 e. The molecule has 230 valence electrons. The summed E-state index contributed by atoms with van der Waals surface area (Å²) in [7, 11) is 1.20. The van der Waals surface area contributed by atoms with Gasteiger partial charge < -0.3 is 30.1 Å². The van der Waals surface area contributed by atoms with Crippen molar-refractivity contribution in [3.05, 3.63) is 65.7 Å². The number of carbonyl (C=O) groups excluding carboxylic acids is 4. The van der Waals surface area contributed by atoms with E-state index in [1.54, 1.807) is 39.0 Å². The zero-order chi connectivity index (χ0) is 31.4. The van der Waals surface area contributed by atoms with E-state index < -0.39 is 54.1 Å². The number of nitrogens with one attached hydrogen (secondary N) is 2. The number of phenolic OH excluding ortho intramolecular Hbond substituents is 1. The number of hydrogen-bond acceptors (Lipinski definition) is 7. The van der Waals surface area contributed by atoms with E-state index in [1.165, 1.54) is 18.1 Å². The number of nitrogens with zero attached hydrogens (tertiary/aromatic N) is 1. The normalized spacial score (nSPS) is 13.4. The van der Waals surface area contributed by atoms with Crippen LogP contribution in [0.1, 0.15) is 71.6 Å². The second-order valence-electron chi connectivity index (χ2n) is 11.7. The van der Waals surface area contributed by atoms with Crippen LogP contribution in [0.2, 0.25) is 0 Å². The second-order valence-corrected chi connectivity index (χ2v) is 11.7. The van der Waals surface area contributed by atoms with Crippen molar-refractivity contribution in [3.63, 3.8) is 0 Å². The van der Waals surface area contributed by atoms with Crippen LogP contribution in [0.15, 0.2) is 54.6 Å². The first kappa shape index (κ1) is 34.1. The SMILES string of the molecule is COC(=O)CNC(=O)C(c1ccccc1O)N(C(=O)C(Cc1ccccc1)NC(=O)OC(C)(C)C)C(C)CCC(C)C. The Balaban J connectivity index is 2.64. The predicted molar refractivity (Wildman–Crippen MR) is 160 cm³/mol. The van der Waals surface area contributed by atoms with Gasteiger partial charge in [0.15, 0.2) is 0 Å². The summed E-state index contributed by atoms with van der Waals surface area (Å²) in [6, 6.07) is 12.5. The summed E-state index contributed by atoms with van der Waals surface area (Å²) in [5, 5.41) is 16.1. The Morgan fingerprint density at radius 2 is 1.55 bits per heavy atom. The topological polar surface area (TPSA) is 134 Å². The molecule has 42 heavy (non-hydrogen) atoms. The van der Waals surface area contributed by atoms with Crippen molar-refractivity contribution in [2.24, 2.45) is 5.92 Å². The van der Waals surface area contributed by atoms with E-state index in [9.17, 15) is 24.3 Å². The van der Waals surface area contributed by atoms with Crippen LogP contribution in [0.4, 0.5) is 4.79 Å². The smallest absolute Gasteiger partial charge is 0.408 e. The third-order valence-corrected chi connectivity index (χ3v) is 6.56. The van der Waals surface area contributed by atoms with Gasteiger partial charge in [0.2, 0.25) is 11.8 Å². The molecule has 2 rings (SSSR count). The van der Waals surface area contributed by atoms with E-state index in [0.717, 1.165) is 12.0 Å². The van der Waals surface area contributed by atoms with Crippen molar-refractivity contribution in [1.29, 1.82) is 0 Å². The van der Waals surface area contributed by atoms with Gasteiger partial charge in [-0.2, -0.15) is 0 Å². The van der Waals surface area contributed by atoms with Crippen molar-refractivity contribution < 1.29 is 33.8 Å². The molecule has 0 aliphatic carbocycles. The Morgan fingerprint density at radius 3 is 2.12 bits per heavy atom. The summed E-state index contributed by atoms with van der Waals surface area (Å²) in [6.07, 6.45) is 0.650. The molecule has 10 nitrogen and oxygen atoms in total. The van der Waals surface area contributed by atoms with Crippen LogP contribution in [0.5, 0.6) is 5.75 Å². The zero-order valence-electron chi connectivity index (χ0n) is 25.7. The third kappa shape index (κ3) is 10.7. The van der Waals surface area contributed by atoms with Gasteiger partial charge in [0.25, 0.3) is 0 Å². The molecule has 3 unspecified atom stereocenters. The van der Waals surface area contributed by atoms with Crippen LogP contribution < -0.4 is 10.6 Å². The second kappa shape index (κ2) is 15.8. The maximum atomic E-state index is 14.6. The Bertz CT molecular complexity index is 1190. The lowest BCUT2D eigenvalue weighted by Crippen LogP contribution is -2.56. The van der Waals surface area contributed by atoms with Gasteiger partial charge in [-0.3, -0.25) is 14.4 Å². The third-order valence-electron chi connectivity index (χ3n) is 6.56. The quantitative estimate of drug-likeness (QED) is 0.295. The molecule has 0 aromatic heterocycles. The lowest BCUT2D eigenvalue weighted by atomic mass is 9.95. The molecule has 0 aliphatic heterocycles. The summed E-state index contributed by atoms with van der Waals surface area (Å²) < 4.78 is 10.1. The molecule has 10 heteroatoms. The molecule has 2 aromatic rings. The number of aromatic hydroxyl groups is 1. The fourth-order valence-corrected chi connectivity index (χ4v) is 4.46. The van der Waals surface area contributed by atoms with E-state index in [0.29, 0.717) is 12.3 Å². The Morgan fingerprint density at radius 1 is 0.929 bits per heavy atom. The van der Waals surface area contributed by atoms with Gasteiger partial charge in [-0.25, -0.2) is 4.79 Å². The van der Waals surface area contributed by atoms with Crippen LogP contribution in [0, 0.1) is 5.92 Å². The van der Waals surface area contributed by atoms with Crippen molar-refractivity contribution in [3.8, 4) is 5.75 Å². The number of hydrogen-bond donors (Lipinski definition) is 3. The van der Waals surface area contributed by atoms with Crippen LogP contribution >= 0.6 is 0 Å². The number of methoxy groups -OCH3 is 1. The minimum atomic E-state index is -1.32. The standard InChI is InChI=1S/C32H45N3O7/c1-21(2)17-18-22(3)35(28(24-15-11-12-16-26(24)36)29(38)33-20-27(37)41-7)30(39)25(19-23-13-9-8-10-14-23)34-31(40)42-32(4,5)6/h8-16,21-22,25,28,36H,17-20H2,1-7H3,(H,33,38)(H,34,40). The molecule has 0 radical (unpaired) electrons. The minimum Gasteiger partial charge on any atom is -0.508 e. The summed E-state index contributed by atoms with van der Waals surface area (Å²) in [5.74, 6) is -1.76. The zero-order valence-corrected chi connectivity index (χ0v) is 25.7. The Kier molecular flexibility index (Phi) is 12.8. The lowest BCUT2D eigenvalue weighted by molar-refractivity contribution is -0.146. The Hall–Kier alpha value is -4.08. The summed E-state index contributed by atoms with van der Waals surface area (Å²) in [4.78, 5) is 54.5. The molecule has 0 saturated carbocycles. The summed E-state index contributed by atoms with van der Waals surface area (Å²) in [5.41, 5.74) is 0.164. The van der Waals surface area contributed by atoms with Gasteiger partial charge in [-0.1, -0.05) is 62.4 Å². The van der Waals surface area contributed by atoms with Gasteiger partial charge in [0.1, 0.15) is 30.0 Å². The fraction of sp³-hybridized carbons (Fsp3) is 0.500. The molecule has 0 aliphatic rings. The molecule has 0 bridgehead atoms. The van der Waals surface area contributed by atoms with Gasteiger partial charge in [0.05, 0.1) is 7.11 Å². The highest BCUT2D eigenvalue weighted by molar-refractivity contribution is 5.94. The van der Waals surface area contributed by atoms with E-state index in [-0.39, 0.29) is 17.7 Å². The molecule has 0 heterocycles. The molecule has 3 amide bonds. The molecule has 0 spiro atoms. The van der Waals surface area contributed by atoms with E-state index in [1.807, 2.05) is 37.3 Å². The highest BCUT2D eigenvalue weighted by atomic mass is 16.6. The first-order chi connectivity index (χ1) is 19.7. The van der Waals surface area contributed by atoms with Crippen molar-refractivity contribution >= 4 is 23.9 Å². The highest BCUT2D eigenvalue weighted by Gasteiger charge is 2.40. The number of phenols is 1. The number of amides is 3. The van der Waals surface area contributed by atoms with Crippen molar-refractivity contribution in [2.75, 3.05) is 13.7 Å². The molecular formula is C32H45N3O7. The number of alkyl carbamates (subject to hydrolysis) is 1. The van der Waals surface area contributed by atoms with Gasteiger partial charge in [-0.05, 0) is 58.1 Å². The first-order valence-corrected chi connectivity index (χ1v) is 14.2. The fourth-order valence-electron chi connectivity index (χ4n) is 4.46. The minimum absolute atomic E-state index is 0.129. The molecule has 0 fully saturated rings. The lowest BCUT2D eigenvalue weighted by Gasteiger charge is -2.39. The van der Waals surface area contributed by atoms with Crippen LogP contribution in [0.25, 0.3) is 0 Å². The molecular weight excluding hydrogens is 538 g/mol. The molecule has 2 aromatic carbocycles. The van der Waals surface area contributed by atoms with E-state index in [4.69, 9.17) is 4.74 Å². The number of rotatable bonds is 13. The van der Waals surface area contributed by atoms with Crippen LogP contribution in [-0.4, -0.2) is 65.2 Å². The number of ether oxygens (including phenoxy) is 2. The largest absolute Gasteiger partial charge is 0.508 e. The van der Waals surface area contributed by atoms with Crippen LogP contribution in [0.3, 0.4) is 0 Å². The van der Waals surface area contributed by atoms with Gasteiger partial charge >= 0.3 is 12.1 Å². The van der Waals surface area contributed by atoms with Crippen molar-refractivity contribution in [1.82, 2.24) is 15.5 Å². The van der Waals surface area contributed by atoms with Crippen LogP contribution in [-0.2, 0) is 30.3 Å². The predicted octanol–water partition coefficient (Wildman–Crippen LogP) is 4.51. The first-order valence-electron chi connectivity index (χ1n) is 14.2. The summed E-state index contributed by atoms with van der Waals surface area (Å²) >= 11 is 0. The average Bonchev–Trinajstić information content (AvgIpc) is 2.92. The van der Waals surface area contributed by atoms with E-state index in [2.05, 4.69) is 29.2 Å². The number of benzene rings is 2. The molecule has 3 N–H and O–H groups in total. The van der Waals surface area contributed by atoms with Gasteiger partial charge in [0, 0.05) is 18.0 Å². The summed E-state index contributed by atoms with van der Waals surface area (Å²) in [6.45, 7) is 10.7. The molecule has 3 atom stereocenters. The monoisotopic (exact) mass is 583 g/mol. The Labute approximate surface area is 248 Å². The number of esters is 1. The molecule has 0 saturated heterocycles. The average molecular weight is 584 g/mol. The van der Waals surface area contributed by atoms with Crippen molar-refractivity contribution in [2.45, 2.75) is 84.5 Å². The van der Waals surface area contributed by atoms with E-state index >= 15 is 0 Å². The number of carbonyl (C=O) groups is 4. The maximum absolute atomic E-state index is 14.6. The number of para-hydroxylation sites is 1. The van der Waals surface area contributed by atoms with Gasteiger partial charge in [-0.15, -0.1) is 0 Å². The highest BCUT2D eigenvalue weighted by Crippen LogP contribution is 2.32.